The van der Waals surface area contributed by atoms with Crippen LogP contribution in [0.15, 0.2) is 42.2 Å². The minimum atomic E-state index is -0.320. The van der Waals surface area contributed by atoms with Crippen LogP contribution >= 0.6 is 0 Å². The molecule has 128 valence electrons. The smallest absolute Gasteiger partial charge is 0.313 e. The van der Waals surface area contributed by atoms with Gasteiger partial charge in [-0.2, -0.15) is 0 Å². The Balaban J connectivity index is 1.91. The number of hydrogen-bond acceptors (Lipinski definition) is 4. The van der Waals surface area contributed by atoms with Gasteiger partial charge in [-0.05, 0) is 37.1 Å². The van der Waals surface area contributed by atoms with Gasteiger partial charge in [0.25, 0.3) is 0 Å². The Hall–Kier alpha value is -2.88. The summed E-state index contributed by atoms with van der Waals surface area (Å²) in [6, 6.07) is 11.1. The number of Topliss-reactive ketones (excluding diaryl/α,β-unsaturated/α-hetero) is 1. The molecule has 0 radical (unpaired) electrons. The molecule has 0 spiro atoms. The van der Waals surface area contributed by atoms with E-state index in [1.54, 1.807) is 32.1 Å². The molecule has 0 saturated carbocycles. The van der Waals surface area contributed by atoms with E-state index in [9.17, 15) is 9.59 Å². The first kappa shape index (κ1) is 17.0. The summed E-state index contributed by atoms with van der Waals surface area (Å²) in [5, 5.41) is 0. The van der Waals surface area contributed by atoms with E-state index in [4.69, 9.17) is 9.47 Å². The largest absolute Gasteiger partial charge is 0.452 e. The van der Waals surface area contributed by atoms with E-state index in [1.165, 1.54) is 0 Å². The fourth-order valence-electron chi connectivity index (χ4n) is 2.58. The first-order valence-electron chi connectivity index (χ1n) is 8.22. The zero-order valence-corrected chi connectivity index (χ0v) is 14.8. The molecule has 3 rings (SSSR count). The highest BCUT2D eigenvalue weighted by atomic mass is 16.5. The molecule has 1 aliphatic heterocycles. The van der Waals surface area contributed by atoms with E-state index in [0.29, 0.717) is 17.1 Å². The lowest BCUT2D eigenvalue weighted by atomic mass is 10.0. The number of allylic oxidation sites excluding steroid dienone is 1. The first-order chi connectivity index (χ1) is 11.8. The third-order valence-electron chi connectivity index (χ3n) is 4.01. The monoisotopic (exact) mass is 336 g/mol. The van der Waals surface area contributed by atoms with Gasteiger partial charge in [-0.15, -0.1) is 0 Å². The number of benzene rings is 2. The highest BCUT2D eigenvalue weighted by Crippen LogP contribution is 2.37. The van der Waals surface area contributed by atoms with Crippen LogP contribution < -0.4 is 9.47 Å². The molecular weight excluding hydrogens is 316 g/mol. The lowest BCUT2D eigenvalue weighted by Crippen LogP contribution is -2.14. The van der Waals surface area contributed by atoms with E-state index in [1.807, 2.05) is 38.1 Å². The minimum Gasteiger partial charge on any atom is -0.452 e. The number of aryl methyl sites for hydroxylation is 2. The molecule has 1 heterocycles. The number of ketones is 1. The number of ether oxygens (including phenoxy) is 2. The molecule has 0 fully saturated rings. The maximum Gasteiger partial charge on any atom is 0.313 e. The van der Waals surface area contributed by atoms with Gasteiger partial charge in [0, 0.05) is 6.07 Å². The lowest BCUT2D eigenvalue weighted by molar-refractivity contribution is -0.137. The second kappa shape index (κ2) is 6.55. The molecule has 0 atom stereocenters. The Morgan fingerprint density at radius 3 is 2.44 bits per heavy atom. The molecule has 0 amide bonds. The zero-order valence-electron chi connectivity index (χ0n) is 14.8. The summed E-state index contributed by atoms with van der Waals surface area (Å²) < 4.78 is 11.1. The van der Waals surface area contributed by atoms with Crippen molar-refractivity contribution in [2.24, 2.45) is 5.92 Å². The van der Waals surface area contributed by atoms with Crippen molar-refractivity contribution >= 4 is 17.8 Å². The maximum atomic E-state index is 12.6. The van der Waals surface area contributed by atoms with Crippen molar-refractivity contribution in [2.45, 2.75) is 27.7 Å². The molecule has 1 aliphatic rings. The van der Waals surface area contributed by atoms with Crippen molar-refractivity contribution in [1.82, 2.24) is 0 Å². The normalized spacial score (nSPS) is 14.6. The third-order valence-corrected chi connectivity index (χ3v) is 4.01. The van der Waals surface area contributed by atoms with E-state index in [0.717, 1.165) is 16.7 Å². The number of hydrogen-bond donors (Lipinski definition) is 0. The minimum absolute atomic E-state index is 0.158. The van der Waals surface area contributed by atoms with Crippen LogP contribution in [-0.2, 0) is 4.79 Å². The maximum absolute atomic E-state index is 12.6. The van der Waals surface area contributed by atoms with Gasteiger partial charge in [0.05, 0.1) is 11.5 Å². The van der Waals surface area contributed by atoms with Crippen LogP contribution in [0.4, 0.5) is 0 Å². The first-order valence-corrected chi connectivity index (χ1v) is 8.22. The van der Waals surface area contributed by atoms with Crippen LogP contribution in [0.5, 0.6) is 11.5 Å². The van der Waals surface area contributed by atoms with Crippen LogP contribution in [0.25, 0.3) is 6.08 Å². The van der Waals surface area contributed by atoms with Gasteiger partial charge < -0.3 is 9.47 Å². The second-order valence-corrected chi connectivity index (χ2v) is 6.54. The van der Waals surface area contributed by atoms with Crippen LogP contribution in [0, 0.1) is 19.8 Å². The van der Waals surface area contributed by atoms with E-state index >= 15 is 0 Å². The summed E-state index contributed by atoms with van der Waals surface area (Å²) in [6.07, 6.45) is 1.72. The van der Waals surface area contributed by atoms with Crippen molar-refractivity contribution in [2.75, 3.05) is 0 Å². The molecule has 0 aliphatic carbocycles. The van der Waals surface area contributed by atoms with Crippen molar-refractivity contribution in [3.63, 3.8) is 0 Å². The molecular formula is C21H20O4. The highest BCUT2D eigenvalue weighted by molar-refractivity contribution is 6.15. The van der Waals surface area contributed by atoms with Crippen molar-refractivity contribution in [3.05, 3.63) is 64.4 Å². The van der Waals surface area contributed by atoms with E-state index in [-0.39, 0.29) is 23.4 Å². The molecule has 2 aromatic rings. The predicted molar refractivity (Wildman–Crippen MR) is 95.8 cm³/mol. The zero-order chi connectivity index (χ0) is 18.1. The van der Waals surface area contributed by atoms with E-state index in [2.05, 4.69) is 0 Å². The van der Waals surface area contributed by atoms with Crippen LogP contribution in [0.1, 0.15) is 40.9 Å². The van der Waals surface area contributed by atoms with Gasteiger partial charge in [-0.25, -0.2) is 0 Å². The van der Waals surface area contributed by atoms with Gasteiger partial charge in [-0.3, -0.25) is 9.59 Å². The average Bonchev–Trinajstić information content (AvgIpc) is 2.85. The topological polar surface area (TPSA) is 52.6 Å². The van der Waals surface area contributed by atoms with Crippen molar-refractivity contribution in [1.29, 1.82) is 0 Å². The molecule has 2 aromatic carbocycles. The fourth-order valence-corrected chi connectivity index (χ4v) is 2.58. The molecule has 0 bridgehead atoms. The predicted octanol–water partition coefficient (Wildman–Crippen LogP) is 4.48. The SMILES string of the molecule is Cc1ccc(/C=C2\Oc3cc(OC(=O)C(C)C)cc(C)c3C2=O)cc1. The van der Waals surface area contributed by atoms with Gasteiger partial charge in [0.2, 0.25) is 5.78 Å². The van der Waals surface area contributed by atoms with Gasteiger partial charge in [0.1, 0.15) is 11.5 Å². The Morgan fingerprint density at radius 1 is 1.12 bits per heavy atom. The summed E-state index contributed by atoms with van der Waals surface area (Å²) in [5.74, 6) is 0.380. The third kappa shape index (κ3) is 3.48. The van der Waals surface area contributed by atoms with Gasteiger partial charge in [-0.1, -0.05) is 43.7 Å². The Bertz CT molecular complexity index is 874. The Kier molecular flexibility index (Phi) is 4.45. The molecule has 25 heavy (non-hydrogen) atoms. The summed E-state index contributed by atoms with van der Waals surface area (Å²) in [7, 11) is 0. The van der Waals surface area contributed by atoms with Crippen molar-refractivity contribution < 1.29 is 19.1 Å². The molecule has 4 heteroatoms. The standard InChI is InChI=1S/C21H20O4/c1-12(2)21(23)24-16-9-14(4)19-17(11-16)25-18(20(19)22)10-15-7-5-13(3)6-8-15/h5-12H,1-4H3/b18-10-. The van der Waals surface area contributed by atoms with Gasteiger partial charge >= 0.3 is 5.97 Å². The average molecular weight is 336 g/mol. The second-order valence-electron chi connectivity index (χ2n) is 6.54. The molecule has 0 unspecified atom stereocenters. The highest BCUT2D eigenvalue weighted by Gasteiger charge is 2.30. The van der Waals surface area contributed by atoms with Crippen LogP contribution in [-0.4, -0.2) is 11.8 Å². The lowest BCUT2D eigenvalue weighted by Gasteiger charge is -2.09. The molecule has 0 N–H and O–H groups in total. The van der Waals surface area contributed by atoms with Crippen molar-refractivity contribution in [3.8, 4) is 11.5 Å². The number of rotatable bonds is 3. The number of carbonyl (C=O) groups excluding carboxylic acids is 2. The van der Waals surface area contributed by atoms with Crippen LogP contribution in [0.2, 0.25) is 0 Å². The van der Waals surface area contributed by atoms with Gasteiger partial charge in [0.15, 0.2) is 5.76 Å². The summed E-state index contributed by atoms with van der Waals surface area (Å²) in [5.41, 5.74) is 3.28. The number of carbonyl (C=O) groups is 2. The Labute approximate surface area is 147 Å². The summed E-state index contributed by atoms with van der Waals surface area (Å²) in [6.45, 7) is 7.35. The fraction of sp³-hybridized carbons (Fsp3) is 0.238. The van der Waals surface area contributed by atoms with Crippen LogP contribution in [0.3, 0.4) is 0 Å². The van der Waals surface area contributed by atoms with E-state index < -0.39 is 0 Å². The number of esters is 1. The molecule has 4 nitrogen and oxygen atoms in total. The quantitative estimate of drug-likeness (QED) is 0.471. The molecule has 0 saturated heterocycles. The summed E-state index contributed by atoms with van der Waals surface area (Å²) >= 11 is 0. The molecule has 0 aromatic heterocycles. The number of fused-ring (bicyclic) bond motifs is 1. The Morgan fingerprint density at radius 2 is 1.80 bits per heavy atom. The summed E-state index contributed by atoms with van der Waals surface area (Å²) in [4.78, 5) is 24.4.